The maximum atomic E-state index is 12.1. The quantitative estimate of drug-likeness (QED) is 0.930. The van der Waals surface area contributed by atoms with E-state index < -0.39 is 0 Å². The molecule has 5 heteroatoms. The van der Waals surface area contributed by atoms with Gasteiger partial charge in [0, 0.05) is 12.1 Å². The third-order valence-corrected chi connectivity index (χ3v) is 3.12. The van der Waals surface area contributed by atoms with Gasteiger partial charge in [0.15, 0.2) is 11.5 Å². The molecule has 0 radical (unpaired) electrons. The molecule has 0 saturated carbocycles. The van der Waals surface area contributed by atoms with Crippen LogP contribution in [0.3, 0.4) is 0 Å². The van der Waals surface area contributed by atoms with Crippen LogP contribution in [0.25, 0.3) is 0 Å². The molecule has 2 rings (SSSR count). The zero-order valence-corrected chi connectivity index (χ0v) is 11.9. The lowest BCUT2D eigenvalue weighted by Crippen LogP contribution is -2.14. The van der Waals surface area contributed by atoms with E-state index in [1.807, 2.05) is 26.0 Å². The molecule has 0 fully saturated rings. The summed E-state index contributed by atoms with van der Waals surface area (Å²) in [6.07, 6.45) is 0.891. The maximum absolute atomic E-state index is 12.1. The summed E-state index contributed by atoms with van der Waals surface area (Å²) in [6, 6.07) is 7.02. The van der Waals surface area contributed by atoms with Crippen LogP contribution in [-0.4, -0.2) is 27.9 Å². The van der Waals surface area contributed by atoms with Crippen LogP contribution < -0.4 is 4.74 Å². The van der Waals surface area contributed by atoms with E-state index in [1.54, 1.807) is 12.1 Å². The smallest absolute Gasteiger partial charge is 0.247 e. The molecule has 0 saturated heterocycles. The van der Waals surface area contributed by atoms with E-state index in [1.165, 1.54) is 11.8 Å². The summed E-state index contributed by atoms with van der Waals surface area (Å²) in [5.41, 5.74) is 2.56. The third-order valence-electron chi connectivity index (χ3n) is 3.12. The fourth-order valence-corrected chi connectivity index (χ4v) is 2.13. The van der Waals surface area contributed by atoms with Crippen molar-refractivity contribution in [1.82, 2.24) is 9.78 Å². The van der Waals surface area contributed by atoms with Gasteiger partial charge in [-0.3, -0.25) is 4.79 Å². The van der Waals surface area contributed by atoms with E-state index in [2.05, 4.69) is 5.10 Å². The second kappa shape index (κ2) is 5.77. The van der Waals surface area contributed by atoms with E-state index in [-0.39, 0.29) is 11.7 Å². The Bertz CT molecular complexity index is 632. The van der Waals surface area contributed by atoms with Crippen LogP contribution in [0.1, 0.15) is 28.2 Å². The van der Waals surface area contributed by atoms with Gasteiger partial charge < -0.3 is 9.84 Å². The van der Waals surface area contributed by atoms with Crippen LogP contribution in [0.5, 0.6) is 11.5 Å². The topological polar surface area (TPSA) is 64.4 Å². The van der Waals surface area contributed by atoms with Crippen molar-refractivity contribution in [2.24, 2.45) is 0 Å². The molecule has 0 bridgehead atoms. The SMILES string of the molecule is COc1ccc(CCC(=O)n2nc(C)cc2C)cc1O. The average molecular weight is 274 g/mol. The second-order valence-electron chi connectivity index (χ2n) is 4.74. The predicted molar refractivity (Wildman–Crippen MR) is 75.3 cm³/mol. The lowest BCUT2D eigenvalue weighted by molar-refractivity contribution is 0.0884. The Labute approximate surface area is 117 Å². The summed E-state index contributed by atoms with van der Waals surface area (Å²) in [4.78, 5) is 12.1. The van der Waals surface area contributed by atoms with Crippen molar-refractivity contribution in [2.45, 2.75) is 26.7 Å². The number of hydrogen-bond acceptors (Lipinski definition) is 4. The summed E-state index contributed by atoms with van der Waals surface area (Å²) in [7, 11) is 1.50. The molecule has 1 aromatic heterocycles. The number of aromatic nitrogens is 2. The number of ether oxygens (including phenoxy) is 1. The fraction of sp³-hybridized carbons (Fsp3) is 0.333. The second-order valence-corrected chi connectivity index (χ2v) is 4.74. The number of carbonyl (C=O) groups excluding carboxylic acids is 1. The van der Waals surface area contributed by atoms with Gasteiger partial charge in [-0.05, 0) is 44.0 Å². The summed E-state index contributed by atoms with van der Waals surface area (Å²) >= 11 is 0. The van der Waals surface area contributed by atoms with Gasteiger partial charge >= 0.3 is 0 Å². The van der Waals surface area contributed by atoms with Crippen LogP contribution >= 0.6 is 0 Å². The molecule has 0 unspecified atom stereocenters. The summed E-state index contributed by atoms with van der Waals surface area (Å²) < 4.78 is 6.41. The summed E-state index contributed by atoms with van der Waals surface area (Å²) in [6.45, 7) is 3.72. The first-order valence-electron chi connectivity index (χ1n) is 6.43. The van der Waals surface area contributed by atoms with Crippen LogP contribution in [0, 0.1) is 13.8 Å². The molecule has 0 amide bonds. The first-order valence-corrected chi connectivity index (χ1v) is 6.43. The number of carbonyl (C=O) groups is 1. The highest BCUT2D eigenvalue weighted by molar-refractivity contribution is 5.79. The minimum atomic E-state index is -0.0501. The highest BCUT2D eigenvalue weighted by Gasteiger charge is 2.11. The van der Waals surface area contributed by atoms with Crippen molar-refractivity contribution in [3.05, 3.63) is 41.2 Å². The number of phenolic OH excluding ortho intramolecular Hbond substituents is 1. The molecule has 2 aromatic rings. The molecule has 20 heavy (non-hydrogen) atoms. The number of aromatic hydroxyl groups is 1. The Hall–Kier alpha value is -2.30. The highest BCUT2D eigenvalue weighted by Crippen LogP contribution is 2.26. The Morgan fingerprint density at radius 1 is 1.35 bits per heavy atom. The molecule has 1 N–H and O–H groups in total. The van der Waals surface area contributed by atoms with Crippen molar-refractivity contribution in [1.29, 1.82) is 0 Å². The Morgan fingerprint density at radius 3 is 2.65 bits per heavy atom. The van der Waals surface area contributed by atoms with Gasteiger partial charge in [-0.25, -0.2) is 4.68 Å². The van der Waals surface area contributed by atoms with Crippen molar-refractivity contribution in [2.75, 3.05) is 7.11 Å². The van der Waals surface area contributed by atoms with E-state index in [0.717, 1.165) is 17.0 Å². The molecule has 0 spiro atoms. The molecule has 0 aliphatic rings. The minimum Gasteiger partial charge on any atom is -0.504 e. The minimum absolute atomic E-state index is 0.0501. The maximum Gasteiger partial charge on any atom is 0.247 e. The number of methoxy groups -OCH3 is 1. The van der Waals surface area contributed by atoms with Crippen molar-refractivity contribution in [3.8, 4) is 11.5 Å². The number of phenols is 1. The average Bonchev–Trinajstić information content (AvgIpc) is 2.75. The lowest BCUT2D eigenvalue weighted by atomic mass is 10.1. The van der Waals surface area contributed by atoms with Gasteiger partial charge in [0.05, 0.1) is 12.8 Å². The molecule has 106 valence electrons. The number of hydrogen-bond donors (Lipinski definition) is 1. The first kappa shape index (κ1) is 14.1. The van der Waals surface area contributed by atoms with Crippen LogP contribution in [0.4, 0.5) is 0 Å². The first-order chi connectivity index (χ1) is 9.51. The van der Waals surface area contributed by atoms with Crippen LogP contribution in [-0.2, 0) is 6.42 Å². The standard InChI is InChI=1S/C15H18N2O3/c1-10-8-11(2)17(16-10)15(19)7-5-12-4-6-14(20-3)13(18)9-12/h4,6,8-9,18H,5,7H2,1-3H3. The molecule has 5 nitrogen and oxygen atoms in total. The zero-order chi connectivity index (χ0) is 14.7. The van der Waals surface area contributed by atoms with E-state index >= 15 is 0 Å². The molecule has 0 atom stereocenters. The molecular weight excluding hydrogens is 256 g/mol. The fourth-order valence-electron chi connectivity index (χ4n) is 2.13. The molecular formula is C15H18N2O3. The summed E-state index contributed by atoms with van der Waals surface area (Å²) in [5, 5.41) is 13.9. The van der Waals surface area contributed by atoms with Gasteiger partial charge in [0.1, 0.15) is 0 Å². The molecule has 1 aromatic carbocycles. The zero-order valence-electron chi connectivity index (χ0n) is 11.9. The summed E-state index contributed by atoms with van der Waals surface area (Å²) in [5.74, 6) is 0.466. The largest absolute Gasteiger partial charge is 0.504 e. The highest BCUT2D eigenvalue weighted by atomic mass is 16.5. The van der Waals surface area contributed by atoms with E-state index in [0.29, 0.717) is 18.6 Å². The van der Waals surface area contributed by atoms with Crippen molar-refractivity contribution < 1.29 is 14.6 Å². The monoisotopic (exact) mass is 274 g/mol. The Balaban J connectivity index is 2.03. The van der Waals surface area contributed by atoms with E-state index in [9.17, 15) is 9.90 Å². The lowest BCUT2D eigenvalue weighted by Gasteiger charge is -2.06. The van der Waals surface area contributed by atoms with Gasteiger partial charge in [-0.15, -0.1) is 0 Å². The van der Waals surface area contributed by atoms with Crippen molar-refractivity contribution >= 4 is 5.91 Å². The number of rotatable bonds is 4. The molecule has 0 aliphatic carbocycles. The number of aryl methyl sites for hydroxylation is 3. The van der Waals surface area contributed by atoms with Crippen LogP contribution in [0.15, 0.2) is 24.3 Å². The Morgan fingerprint density at radius 2 is 2.10 bits per heavy atom. The van der Waals surface area contributed by atoms with Gasteiger partial charge in [-0.1, -0.05) is 6.07 Å². The van der Waals surface area contributed by atoms with E-state index in [4.69, 9.17) is 4.74 Å². The van der Waals surface area contributed by atoms with Gasteiger partial charge in [0.2, 0.25) is 5.91 Å². The number of nitrogens with zero attached hydrogens (tertiary/aromatic N) is 2. The predicted octanol–water partition coefficient (Wildman–Crippen LogP) is 2.49. The van der Waals surface area contributed by atoms with Gasteiger partial charge in [-0.2, -0.15) is 5.10 Å². The molecule has 0 aliphatic heterocycles. The Kier molecular flexibility index (Phi) is 4.08. The van der Waals surface area contributed by atoms with Crippen molar-refractivity contribution in [3.63, 3.8) is 0 Å². The van der Waals surface area contributed by atoms with Crippen LogP contribution in [0.2, 0.25) is 0 Å². The third kappa shape index (κ3) is 2.99. The number of benzene rings is 1. The molecule has 1 heterocycles. The van der Waals surface area contributed by atoms with Gasteiger partial charge in [0.25, 0.3) is 0 Å². The normalized spacial score (nSPS) is 10.6.